The number of fused-ring (bicyclic) bond motifs is 1. The quantitative estimate of drug-likeness (QED) is 0.679. The van der Waals surface area contributed by atoms with Gasteiger partial charge in [-0.3, -0.25) is 0 Å². The van der Waals surface area contributed by atoms with Crippen LogP contribution in [0.5, 0.6) is 11.5 Å². The van der Waals surface area contributed by atoms with Gasteiger partial charge >= 0.3 is 5.97 Å². The minimum Gasteiger partial charge on any atom is -0.506 e. The summed E-state index contributed by atoms with van der Waals surface area (Å²) in [4.78, 5) is 11.8. The largest absolute Gasteiger partial charge is 0.506 e. The van der Waals surface area contributed by atoms with Gasteiger partial charge in [0.1, 0.15) is 22.9 Å². The van der Waals surface area contributed by atoms with Gasteiger partial charge in [0, 0.05) is 19.2 Å². The molecular weight excluding hydrogens is 296 g/mol. The Bertz CT molecular complexity index is 564. The standard InChI is InChI=1S/C14H19ClO4Si/c1-8-9-7-19-14(17)10(9)13(11(15)12(8)16)18-5-6-20(2,3)4/h16H,5-7H2,1-4H3. The van der Waals surface area contributed by atoms with Crippen LogP contribution in [0.15, 0.2) is 0 Å². The fourth-order valence-electron chi connectivity index (χ4n) is 2.05. The SMILES string of the molecule is Cc1c(O)c(Cl)c(OCC[Si](C)(C)C)c2c1COC2=O. The van der Waals surface area contributed by atoms with Gasteiger partial charge in [0.15, 0.2) is 5.75 Å². The molecule has 1 aliphatic rings. The third kappa shape index (κ3) is 2.78. The molecule has 1 aromatic rings. The molecule has 110 valence electrons. The molecule has 0 amide bonds. The van der Waals surface area contributed by atoms with Crippen molar-refractivity contribution in [2.75, 3.05) is 6.61 Å². The third-order valence-corrected chi connectivity index (χ3v) is 5.45. The predicted octanol–water partition coefficient (Wildman–Crippen LogP) is 3.74. The number of carbonyl (C=O) groups excluding carboxylic acids is 1. The number of phenolic OH excluding ortho intramolecular Hbond substituents is 1. The van der Waals surface area contributed by atoms with Gasteiger partial charge < -0.3 is 14.6 Å². The summed E-state index contributed by atoms with van der Waals surface area (Å²) in [6.07, 6.45) is 0. The van der Waals surface area contributed by atoms with Crippen LogP contribution in [0.25, 0.3) is 0 Å². The average Bonchev–Trinajstić information content (AvgIpc) is 2.72. The molecular formula is C14H19ClO4Si. The van der Waals surface area contributed by atoms with Crippen LogP contribution >= 0.6 is 11.6 Å². The highest BCUT2D eigenvalue weighted by Crippen LogP contribution is 2.44. The first kappa shape index (κ1) is 15.2. The molecule has 0 atom stereocenters. The van der Waals surface area contributed by atoms with E-state index in [4.69, 9.17) is 21.1 Å². The maximum absolute atomic E-state index is 11.8. The molecule has 0 fully saturated rings. The predicted molar refractivity (Wildman–Crippen MR) is 80.6 cm³/mol. The molecule has 6 heteroatoms. The number of hydrogen-bond donors (Lipinski definition) is 1. The van der Waals surface area contributed by atoms with Crippen LogP contribution in [0.2, 0.25) is 30.7 Å². The summed E-state index contributed by atoms with van der Waals surface area (Å²) in [6, 6.07) is 0.946. The molecule has 0 aromatic heterocycles. The van der Waals surface area contributed by atoms with Crippen molar-refractivity contribution in [3.63, 3.8) is 0 Å². The Hall–Kier alpha value is -1.20. The van der Waals surface area contributed by atoms with Crippen molar-refractivity contribution in [3.8, 4) is 11.5 Å². The van der Waals surface area contributed by atoms with Gasteiger partial charge in [0.05, 0.1) is 6.61 Å². The van der Waals surface area contributed by atoms with E-state index in [2.05, 4.69) is 19.6 Å². The topological polar surface area (TPSA) is 55.8 Å². The lowest BCUT2D eigenvalue weighted by Crippen LogP contribution is -2.22. The van der Waals surface area contributed by atoms with Crippen LogP contribution in [0, 0.1) is 6.92 Å². The van der Waals surface area contributed by atoms with Crippen LogP contribution in [0.3, 0.4) is 0 Å². The van der Waals surface area contributed by atoms with E-state index in [1.54, 1.807) is 6.92 Å². The Morgan fingerprint density at radius 3 is 2.65 bits per heavy atom. The van der Waals surface area contributed by atoms with E-state index < -0.39 is 14.0 Å². The number of ether oxygens (including phenoxy) is 2. The second-order valence-corrected chi connectivity index (χ2v) is 12.2. The van der Waals surface area contributed by atoms with E-state index >= 15 is 0 Å². The fraction of sp³-hybridized carbons (Fsp3) is 0.500. The summed E-state index contributed by atoms with van der Waals surface area (Å²) < 4.78 is 10.7. The second-order valence-electron chi connectivity index (χ2n) is 6.21. The molecule has 1 heterocycles. The number of rotatable bonds is 4. The highest BCUT2D eigenvalue weighted by molar-refractivity contribution is 6.76. The number of cyclic esters (lactones) is 1. The Balaban J connectivity index is 2.36. The van der Waals surface area contributed by atoms with Crippen LogP contribution in [0.1, 0.15) is 21.5 Å². The highest BCUT2D eigenvalue weighted by atomic mass is 35.5. The Morgan fingerprint density at radius 2 is 2.05 bits per heavy atom. The number of esters is 1. The van der Waals surface area contributed by atoms with Crippen LogP contribution in [0.4, 0.5) is 0 Å². The van der Waals surface area contributed by atoms with Gasteiger partial charge in [-0.1, -0.05) is 31.2 Å². The molecule has 0 spiro atoms. The zero-order chi connectivity index (χ0) is 15.1. The molecule has 0 saturated heterocycles. The number of hydrogen-bond acceptors (Lipinski definition) is 4. The zero-order valence-electron chi connectivity index (χ0n) is 12.2. The monoisotopic (exact) mass is 314 g/mol. The van der Waals surface area contributed by atoms with Crippen molar-refractivity contribution in [2.24, 2.45) is 0 Å². The minimum atomic E-state index is -1.24. The van der Waals surface area contributed by atoms with Gasteiger partial charge in [-0.25, -0.2) is 4.79 Å². The molecule has 0 unspecified atom stereocenters. The number of benzene rings is 1. The van der Waals surface area contributed by atoms with Crippen LogP contribution in [-0.4, -0.2) is 25.8 Å². The van der Waals surface area contributed by atoms with Gasteiger partial charge in [-0.05, 0) is 13.0 Å². The summed E-state index contributed by atoms with van der Waals surface area (Å²) in [7, 11) is -1.24. The molecule has 1 N–H and O–H groups in total. The molecule has 0 radical (unpaired) electrons. The third-order valence-electron chi connectivity index (χ3n) is 3.39. The number of aromatic hydroxyl groups is 1. The van der Waals surface area contributed by atoms with E-state index in [0.29, 0.717) is 23.3 Å². The first-order chi connectivity index (χ1) is 9.22. The zero-order valence-corrected chi connectivity index (χ0v) is 13.9. The average molecular weight is 315 g/mol. The molecule has 4 nitrogen and oxygen atoms in total. The summed E-state index contributed by atoms with van der Waals surface area (Å²) in [5, 5.41) is 10.1. The van der Waals surface area contributed by atoms with E-state index in [1.807, 2.05) is 0 Å². The molecule has 0 saturated carbocycles. The van der Waals surface area contributed by atoms with E-state index in [1.165, 1.54) is 0 Å². The summed E-state index contributed by atoms with van der Waals surface area (Å²) in [6.45, 7) is 9.08. The van der Waals surface area contributed by atoms with Gasteiger partial charge in [-0.15, -0.1) is 0 Å². The molecule has 0 bridgehead atoms. The van der Waals surface area contributed by atoms with E-state index in [9.17, 15) is 9.90 Å². The van der Waals surface area contributed by atoms with Crippen LogP contribution < -0.4 is 4.74 Å². The Labute approximate surface area is 124 Å². The van der Waals surface area contributed by atoms with Crippen molar-refractivity contribution in [2.45, 2.75) is 39.2 Å². The summed E-state index contributed by atoms with van der Waals surface area (Å²) in [5.74, 6) is -0.217. The van der Waals surface area contributed by atoms with Crippen molar-refractivity contribution >= 4 is 25.6 Å². The van der Waals surface area contributed by atoms with Gasteiger partial charge in [0.2, 0.25) is 0 Å². The Kier molecular flexibility index (Phi) is 4.02. The molecule has 20 heavy (non-hydrogen) atoms. The van der Waals surface area contributed by atoms with E-state index in [0.717, 1.165) is 6.04 Å². The Morgan fingerprint density at radius 1 is 1.40 bits per heavy atom. The lowest BCUT2D eigenvalue weighted by molar-refractivity contribution is 0.0532. The van der Waals surface area contributed by atoms with Crippen molar-refractivity contribution in [1.82, 2.24) is 0 Å². The number of halogens is 1. The van der Waals surface area contributed by atoms with Crippen molar-refractivity contribution in [3.05, 3.63) is 21.7 Å². The fourth-order valence-corrected chi connectivity index (χ4v) is 3.06. The van der Waals surface area contributed by atoms with Gasteiger partial charge in [-0.2, -0.15) is 0 Å². The van der Waals surface area contributed by atoms with Gasteiger partial charge in [0.25, 0.3) is 0 Å². The van der Waals surface area contributed by atoms with Crippen molar-refractivity contribution < 1.29 is 19.4 Å². The molecule has 2 rings (SSSR count). The van der Waals surface area contributed by atoms with E-state index in [-0.39, 0.29) is 23.1 Å². The summed E-state index contributed by atoms with van der Waals surface area (Å²) >= 11 is 6.13. The number of carbonyl (C=O) groups is 1. The molecule has 1 aromatic carbocycles. The lowest BCUT2D eigenvalue weighted by Gasteiger charge is -2.18. The maximum atomic E-state index is 11.8. The minimum absolute atomic E-state index is 0.0354. The second kappa shape index (κ2) is 5.29. The normalized spacial score (nSPS) is 14.2. The maximum Gasteiger partial charge on any atom is 0.342 e. The summed E-state index contributed by atoms with van der Waals surface area (Å²) in [5.41, 5.74) is 1.61. The smallest absolute Gasteiger partial charge is 0.342 e. The number of phenols is 1. The first-order valence-corrected chi connectivity index (χ1v) is 10.6. The van der Waals surface area contributed by atoms with Crippen molar-refractivity contribution in [1.29, 1.82) is 0 Å². The lowest BCUT2D eigenvalue weighted by atomic mass is 10.0. The molecule has 0 aliphatic carbocycles. The van der Waals surface area contributed by atoms with Crippen LogP contribution in [-0.2, 0) is 11.3 Å². The molecule has 1 aliphatic heterocycles. The highest BCUT2D eigenvalue weighted by Gasteiger charge is 2.32. The first-order valence-electron chi connectivity index (χ1n) is 6.56.